The molecule has 0 aromatic rings. The number of hydrogen-bond donors (Lipinski definition) is 1. The van der Waals surface area contributed by atoms with E-state index in [2.05, 4.69) is 29.0 Å². The number of nitrogens with zero attached hydrogens (tertiary/aromatic N) is 2. The third-order valence-electron chi connectivity index (χ3n) is 6.02. The van der Waals surface area contributed by atoms with Gasteiger partial charge in [0.25, 0.3) is 0 Å². The van der Waals surface area contributed by atoms with E-state index in [-0.39, 0.29) is 23.9 Å². The van der Waals surface area contributed by atoms with Gasteiger partial charge in [0.05, 0.1) is 6.04 Å². The van der Waals surface area contributed by atoms with Crippen LogP contribution in [-0.2, 0) is 4.79 Å². The maximum absolute atomic E-state index is 12.9. The zero-order valence-corrected chi connectivity index (χ0v) is 15.7. The summed E-state index contributed by atoms with van der Waals surface area (Å²) in [4.78, 5) is 17.6. The summed E-state index contributed by atoms with van der Waals surface area (Å²) < 4.78 is 0. The molecule has 0 saturated carbocycles. The monoisotopic (exact) mass is 343 g/mol. The molecule has 1 amide bonds. The Morgan fingerprint density at radius 3 is 2.35 bits per heavy atom. The SMILES string of the molecule is CC1(C)CCCNC1C(=O)N1CCC(CN2CCCC2)CC1.Cl. The van der Waals surface area contributed by atoms with E-state index >= 15 is 0 Å². The second-order valence-corrected chi connectivity index (χ2v) is 8.26. The van der Waals surface area contributed by atoms with E-state index in [0.717, 1.165) is 32.0 Å². The minimum Gasteiger partial charge on any atom is -0.341 e. The molecule has 0 bridgehead atoms. The highest BCUT2D eigenvalue weighted by molar-refractivity contribution is 5.85. The van der Waals surface area contributed by atoms with Gasteiger partial charge in [-0.3, -0.25) is 4.79 Å². The average molecular weight is 344 g/mol. The summed E-state index contributed by atoms with van der Waals surface area (Å²) >= 11 is 0. The van der Waals surface area contributed by atoms with Crippen molar-refractivity contribution in [2.45, 2.75) is 58.4 Å². The Morgan fingerprint density at radius 1 is 1.09 bits per heavy atom. The van der Waals surface area contributed by atoms with Crippen LogP contribution in [0.5, 0.6) is 0 Å². The van der Waals surface area contributed by atoms with Crippen LogP contribution in [0.4, 0.5) is 0 Å². The molecule has 3 aliphatic heterocycles. The smallest absolute Gasteiger partial charge is 0.240 e. The van der Waals surface area contributed by atoms with Crippen molar-refractivity contribution in [3.05, 3.63) is 0 Å². The molecule has 3 aliphatic rings. The number of hydrogen-bond acceptors (Lipinski definition) is 3. The molecule has 0 aliphatic carbocycles. The number of carbonyl (C=O) groups is 1. The highest BCUT2D eigenvalue weighted by Gasteiger charge is 2.40. The molecule has 3 saturated heterocycles. The number of halogens is 1. The topological polar surface area (TPSA) is 35.6 Å². The van der Waals surface area contributed by atoms with Gasteiger partial charge in [0.15, 0.2) is 0 Å². The first-order valence-electron chi connectivity index (χ1n) is 9.31. The molecule has 0 spiro atoms. The number of carbonyl (C=O) groups excluding carboxylic acids is 1. The van der Waals surface area contributed by atoms with E-state index < -0.39 is 0 Å². The lowest BCUT2D eigenvalue weighted by molar-refractivity contribution is -0.138. The molecule has 5 heteroatoms. The summed E-state index contributed by atoms with van der Waals surface area (Å²) in [6.07, 6.45) is 7.47. The van der Waals surface area contributed by atoms with Crippen LogP contribution in [0.25, 0.3) is 0 Å². The molecule has 1 atom stereocenters. The fourth-order valence-corrected chi connectivity index (χ4v) is 4.48. The van der Waals surface area contributed by atoms with Gasteiger partial charge in [0, 0.05) is 19.6 Å². The Hall–Kier alpha value is -0.320. The van der Waals surface area contributed by atoms with Crippen LogP contribution in [0.2, 0.25) is 0 Å². The minimum atomic E-state index is 0. The van der Waals surface area contributed by atoms with Gasteiger partial charge in [0.1, 0.15) is 0 Å². The lowest BCUT2D eigenvalue weighted by Crippen LogP contribution is -2.57. The zero-order valence-electron chi connectivity index (χ0n) is 14.9. The van der Waals surface area contributed by atoms with Crippen LogP contribution in [0.3, 0.4) is 0 Å². The summed E-state index contributed by atoms with van der Waals surface area (Å²) in [7, 11) is 0. The quantitative estimate of drug-likeness (QED) is 0.855. The summed E-state index contributed by atoms with van der Waals surface area (Å²) in [5, 5.41) is 3.48. The van der Waals surface area contributed by atoms with Crippen LogP contribution in [0.15, 0.2) is 0 Å². The van der Waals surface area contributed by atoms with Gasteiger partial charge in [-0.05, 0) is 69.5 Å². The fraction of sp³-hybridized carbons (Fsp3) is 0.944. The van der Waals surface area contributed by atoms with E-state index in [0.29, 0.717) is 5.91 Å². The van der Waals surface area contributed by atoms with Crippen LogP contribution < -0.4 is 5.32 Å². The third-order valence-corrected chi connectivity index (χ3v) is 6.02. The predicted molar refractivity (Wildman–Crippen MR) is 97.0 cm³/mol. The Morgan fingerprint density at radius 2 is 1.74 bits per heavy atom. The summed E-state index contributed by atoms with van der Waals surface area (Å²) in [6.45, 7) is 11.2. The van der Waals surface area contributed by atoms with E-state index in [9.17, 15) is 4.79 Å². The molecular weight excluding hydrogens is 310 g/mol. The van der Waals surface area contributed by atoms with Crippen LogP contribution >= 0.6 is 12.4 Å². The van der Waals surface area contributed by atoms with Crippen molar-refractivity contribution in [3.8, 4) is 0 Å². The van der Waals surface area contributed by atoms with Crippen molar-refractivity contribution in [1.29, 1.82) is 0 Å². The summed E-state index contributed by atoms with van der Waals surface area (Å²) in [6, 6.07) is 0.0244. The Labute approximate surface area is 147 Å². The predicted octanol–water partition coefficient (Wildman–Crippen LogP) is 2.52. The van der Waals surface area contributed by atoms with Gasteiger partial charge in [-0.1, -0.05) is 13.8 Å². The van der Waals surface area contributed by atoms with Crippen molar-refractivity contribution in [1.82, 2.24) is 15.1 Å². The van der Waals surface area contributed by atoms with E-state index in [4.69, 9.17) is 0 Å². The fourth-order valence-electron chi connectivity index (χ4n) is 4.48. The first kappa shape index (κ1) is 19.0. The largest absolute Gasteiger partial charge is 0.341 e. The van der Waals surface area contributed by atoms with E-state index in [1.165, 1.54) is 51.7 Å². The minimum absolute atomic E-state index is 0. The lowest BCUT2D eigenvalue weighted by Gasteiger charge is -2.42. The molecule has 4 nitrogen and oxygen atoms in total. The molecule has 0 radical (unpaired) electrons. The third kappa shape index (κ3) is 4.61. The lowest BCUT2D eigenvalue weighted by atomic mass is 9.76. The first-order chi connectivity index (χ1) is 10.6. The van der Waals surface area contributed by atoms with Gasteiger partial charge in [-0.25, -0.2) is 0 Å². The molecule has 23 heavy (non-hydrogen) atoms. The van der Waals surface area contributed by atoms with Crippen molar-refractivity contribution in [2.75, 3.05) is 39.3 Å². The van der Waals surface area contributed by atoms with Crippen LogP contribution in [-0.4, -0.2) is 61.0 Å². The van der Waals surface area contributed by atoms with Crippen molar-refractivity contribution in [2.24, 2.45) is 11.3 Å². The second kappa shape index (κ2) is 8.17. The molecule has 3 heterocycles. The number of amides is 1. The van der Waals surface area contributed by atoms with Crippen molar-refractivity contribution < 1.29 is 4.79 Å². The van der Waals surface area contributed by atoms with Gasteiger partial charge < -0.3 is 15.1 Å². The van der Waals surface area contributed by atoms with Gasteiger partial charge in [0.2, 0.25) is 5.91 Å². The summed E-state index contributed by atoms with van der Waals surface area (Å²) in [5.74, 6) is 1.15. The highest BCUT2D eigenvalue weighted by Crippen LogP contribution is 2.32. The van der Waals surface area contributed by atoms with E-state index in [1.807, 2.05) is 0 Å². The maximum atomic E-state index is 12.9. The number of nitrogens with one attached hydrogen (secondary N) is 1. The van der Waals surface area contributed by atoms with Crippen LogP contribution in [0.1, 0.15) is 52.4 Å². The molecule has 134 valence electrons. The Balaban J connectivity index is 0.00000192. The number of rotatable bonds is 3. The van der Waals surface area contributed by atoms with Gasteiger partial charge in [-0.2, -0.15) is 0 Å². The van der Waals surface area contributed by atoms with Crippen LogP contribution in [0, 0.1) is 11.3 Å². The molecule has 3 fully saturated rings. The Bertz CT molecular complexity index is 388. The van der Waals surface area contributed by atoms with Crippen molar-refractivity contribution in [3.63, 3.8) is 0 Å². The second-order valence-electron chi connectivity index (χ2n) is 8.26. The maximum Gasteiger partial charge on any atom is 0.240 e. The molecular formula is C18H34ClN3O. The summed E-state index contributed by atoms with van der Waals surface area (Å²) in [5.41, 5.74) is 0.0989. The Kier molecular flexibility index (Phi) is 6.76. The van der Waals surface area contributed by atoms with Gasteiger partial charge >= 0.3 is 0 Å². The molecule has 1 unspecified atom stereocenters. The van der Waals surface area contributed by atoms with Crippen molar-refractivity contribution >= 4 is 18.3 Å². The molecule has 0 aromatic carbocycles. The molecule has 3 rings (SSSR count). The molecule has 1 N–H and O–H groups in total. The standard InChI is InChI=1S/C18H33N3O.ClH/c1-18(2)8-5-9-19-16(18)17(22)21-12-6-15(7-13-21)14-20-10-3-4-11-20;/h15-16,19H,3-14H2,1-2H3;1H. The van der Waals surface area contributed by atoms with Gasteiger partial charge in [-0.15, -0.1) is 12.4 Å². The normalized spacial score (nSPS) is 29.3. The highest BCUT2D eigenvalue weighted by atomic mass is 35.5. The number of likely N-dealkylation sites (tertiary alicyclic amines) is 2. The average Bonchev–Trinajstić information content (AvgIpc) is 3.00. The molecule has 0 aromatic heterocycles. The number of piperidine rings is 2. The first-order valence-corrected chi connectivity index (χ1v) is 9.31. The van der Waals surface area contributed by atoms with E-state index in [1.54, 1.807) is 0 Å². The zero-order chi connectivity index (χ0) is 15.6.